The molecule has 0 rings (SSSR count). The van der Waals surface area contributed by atoms with Crippen LogP contribution in [0.15, 0.2) is 0 Å². The highest BCUT2D eigenvalue weighted by Gasteiger charge is 2.48. The Morgan fingerprint density at radius 3 is 2.15 bits per heavy atom. The highest BCUT2D eigenvalue weighted by atomic mass is 19.3. The van der Waals surface area contributed by atoms with Crippen molar-refractivity contribution in [2.24, 2.45) is 0 Å². The molecular weight excluding hydrogens is 196 g/mol. The van der Waals surface area contributed by atoms with Gasteiger partial charge >= 0.3 is 18.3 Å². The molecule has 0 amide bonds. The normalized spacial score (nSPS) is 11.5. The molecule has 0 aliphatic rings. The summed E-state index contributed by atoms with van der Waals surface area (Å²) in [5.41, 5.74) is 0. The Balaban J connectivity index is 4.34. The molecule has 0 aliphatic carbocycles. The van der Waals surface area contributed by atoms with Crippen LogP contribution in [0, 0.1) is 0 Å². The lowest BCUT2D eigenvalue weighted by Crippen LogP contribution is -2.37. The van der Waals surface area contributed by atoms with Gasteiger partial charge < -0.3 is 4.74 Å². The highest BCUT2D eigenvalue weighted by Crippen LogP contribution is 2.25. The largest absolute Gasteiger partial charge is 0.469 e. The number of Topliss-reactive ketones (excluding diaryl/α,β-unsaturated/α-hetero) is 1. The third kappa shape index (κ3) is 3.00. The van der Waals surface area contributed by atoms with Gasteiger partial charge in [0.05, 0.1) is 7.11 Å². The van der Waals surface area contributed by atoms with Crippen molar-refractivity contribution in [3.8, 4) is 0 Å². The Hall–Kier alpha value is -1.14. The lowest BCUT2D eigenvalue weighted by Gasteiger charge is -2.12. The summed E-state index contributed by atoms with van der Waals surface area (Å²) in [6.45, 7) is 0. The second-order valence-electron chi connectivity index (χ2n) is 2.10. The molecule has 0 atom stereocenters. The first-order chi connectivity index (χ1) is 5.82. The van der Waals surface area contributed by atoms with Gasteiger partial charge in [-0.1, -0.05) is 0 Å². The molecule has 0 unspecified atom stereocenters. The summed E-state index contributed by atoms with van der Waals surface area (Å²) in [6.07, 6.45) is -5.46. The zero-order valence-electron chi connectivity index (χ0n) is 6.52. The monoisotopic (exact) mass is 202 g/mol. The maximum absolute atomic E-state index is 12.1. The molecule has 0 radical (unpaired) electrons. The number of alkyl halides is 4. The third-order valence-electron chi connectivity index (χ3n) is 1.18. The predicted octanol–water partition coefficient (Wildman–Crippen LogP) is 1.02. The lowest BCUT2D eigenvalue weighted by atomic mass is 10.1. The number of ether oxygens (including phenoxy) is 1. The summed E-state index contributed by atoms with van der Waals surface area (Å²) >= 11 is 0. The van der Waals surface area contributed by atoms with E-state index >= 15 is 0 Å². The van der Waals surface area contributed by atoms with Crippen molar-refractivity contribution in [2.45, 2.75) is 18.8 Å². The summed E-state index contributed by atoms with van der Waals surface area (Å²) in [6, 6.07) is 0. The summed E-state index contributed by atoms with van der Waals surface area (Å²) < 4.78 is 51.1. The van der Waals surface area contributed by atoms with E-state index in [-0.39, 0.29) is 0 Å². The average Bonchev–Trinajstić information content (AvgIpc) is 2.03. The molecule has 3 nitrogen and oxygen atoms in total. The standard InChI is InChI=1S/C6H6F4O3/c1-13-4(12)2-3(11)6(9,10)5(7)8/h5H,2H2,1H3. The molecule has 0 fully saturated rings. The van der Waals surface area contributed by atoms with Crippen molar-refractivity contribution < 1.29 is 31.9 Å². The summed E-state index contributed by atoms with van der Waals surface area (Å²) in [4.78, 5) is 20.6. The van der Waals surface area contributed by atoms with Crippen molar-refractivity contribution in [3.63, 3.8) is 0 Å². The number of carbonyl (C=O) groups is 2. The van der Waals surface area contributed by atoms with Crippen molar-refractivity contribution in [1.82, 2.24) is 0 Å². The van der Waals surface area contributed by atoms with Crippen molar-refractivity contribution in [3.05, 3.63) is 0 Å². The number of halogens is 4. The van der Waals surface area contributed by atoms with Gasteiger partial charge in [0.15, 0.2) is 0 Å². The average molecular weight is 202 g/mol. The smallest absolute Gasteiger partial charge is 0.365 e. The Kier molecular flexibility index (Phi) is 3.83. The van der Waals surface area contributed by atoms with E-state index in [0.29, 0.717) is 0 Å². The van der Waals surface area contributed by atoms with E-state index in [0.717, 1.165) is 7.11 Å². The lowest BCUT2D eigenvalue weighted by molar-refractivity contribution is -0.170. The van der Waals surface area contributed by atoms with Gasteiger partial charge in [-0.25, -0.2) is 8.78 Å². The van der Waals surface area contributed by atoms with E-state index in [1.165, 1.54) is 0 Å². The Morgan fingerprint density at radius 2 is 1.85 bits per heavy atom. The zero-order chi connectivity index (χ0) is 10.6. The number of carbonyl (C=O) groups excluding carboxylic acids is 2. The van der Waals surface area contributed by atoms with E-state index in [9.17, 15) is 27.2 Å². The molecule has 7 heteroatoms. The van der Waals surface area contributed by atoms with Crippen LogP contribution < -0.4 is 0 Å². The minimum absolute atomic E-state index is 0.857. The molecule has 13 heavy (non-hydrogen) atoms. The van der Waals surface area contributed by atoms with Gasteiger partial charge in [0.25, 0.3) is 0 Å². The summed E-state index contributed by atoms with van der Waals surface area (Å²) in [5, 5.41) is 0. The minimum atomic E-state index is -4.78. The molecule has 0 aromatic carbocycles. The third-order valence-corrected chi connectivity index (χ3v) is 1.18. The van der Waals surface area contributed by atoms with E-state index in [4.69, 9.17) is 0 Å². The number of rotatable bonds is 4. The van der Waals surface area contributed by atoms with Gasteiger partial charge in [0.1, 0.15) is 6.42 Å². The fraction of sp³-hybridized carbons (Fsp3) is 0.667. The van der Waals surface area contributed by atoms with Gasteiger partial charge in [-0.15, -0.1) is 0 Å². The minimum Gasteiger partial charge on any atom is -0.469 e. The van der Waals surface area contributed by atoms with E-state index in [1.807, 2.05) is 0 Å². The van der Waals surface area contributed by atoms with Crippen LogP contribution in [0.25, 0.3) is 0 Å². The molecule has 0 aromatic heterocycles. The molecule has 0 spiro atoms. The van der Waals surface area contributed by atoms with E-state index in [2.05, 4.69) is 4.74 Å². The Labute approximate surface area is 70.7 Å². The summed E-state index contributed by atoms with van der Waals surface area (Å²) in [7, 11) is 0.857. The van der Waals surface area contributed by atoms with E-state index < -0.39 is 30.5 Å². The second-order valence-corrected chi connectivity index (χ2v) is 2.10. The van der Waals surface area contributed by atoms with Crippen LogP contribution in [0.5, 0.6) is 0 Å². The Morgan fingerprint density at radius 1 is 1.38 bits per heavy atom. The van der Waals surface area contributed by atoms with Gasteiger partial charge in [-0.3, -0.25) is 9.59 Å². The molecule has 0 saturated heterocycles. The van der Waals surface area contributed by atoms with Crippen LogP contribution in [0.3, 0.4) is 0 Å². The molecule has 0 bridgehead atoms. The topological polar surface area (TPSA) is 43.4 Å². The maximum atomic E-state index is 12.1. The molecule has 0 aliphatic heterocycles. The van der Waals surface area contributed by atoms with Crippen LogP contribution in [0.4, 0.5) is 17.6 Å². The molecule has 0 heterocycles. The zero-order valence-corrected chi connectivity index (χ0v) is 6.52. The van der Waals surface area contributed by atoms with Crippen molar-refractivity contribution >= 4 is 11.8 Å². The SMILES string of the molecule is COC(=O)CC(=O)C(F)(F)C(F)F. The number of hydrogen-bond acceptors (Lipinski definition) is 3. The molecule has 76 valence electrons. The molecular formula is C6H6F4O3. The number of methoxy groups -OCH3 is 1. The van der Waals surface area contributed by atoms with Gasteiger partial charge in [0, 0.05) is 0 Å². The molecule has 0 N–H and O–H groups in total. The maximum Gasteiger partial charge on any atom is 0.365 e. The van der Waals surface area contributed by atoms with Crippen LogP contribution in [-0.2, 0) is 14.3 Å². The second kappa shape index (κ2) is 4.20. The first-order valence-corrected chi connectivity index (χ1v) is 3.08. The Bertz CT molecular complexity index is 214. The molecule has 0 aromatic rings. The van der Waals surface area contributed by atoms with Gasteiger partial charge in [-0.05, 0) is 0 Å². The number of hydrogen-bond donors (Lipinski definition) is 0. The first-order valence-electron chi connectivity index (χ1n) is 3.08. The molecule has 0 saturated carbocycles. The fourth-order valence-corrected chi connectivity index (χ4v) is 0.443. The van der Waals surface area contributed by atoms with Crippen LogP contribution in [0.2, 0.25) is 0 Å². The van der Waals surface area contributed by atoms with Gasteiger partial charge in [-0.2, -0.15) is 8.78 Å². The predicted molar refractivity (Wildman–Crippen MR) is 32.6 cm³/mol. The van der Waals surface area contributed by atoms with E-state index in [1.54, 1.807) is 0 Å². The van der Waals surface area contributed by atoms with Crippen LogP contribution in [0.1, 0.15) is 6.42 Å². The van der Waals surface area contributed by atoms with Crippen LogP contribution in [-0.4, -0.2) is 31.2 Å². The highest BCUT2D eigenvalue weighted by molar-refractivity contribution is 5.99. The number of ketones is 1. The summed E-state index contributed by atoms with van der Waals surface area (Å²) in [5.74, 6) is -8.20. The van der Waals surface area contributed by atoms with Gasteiger partial charge in [0.2, 0.25) is 5.78 Å². The van der Waals surface area contributed by atoms with Crippen LogP contribution >= 0.6 is 0 Å². The first kappa shape index (κ1) is 11.9. The quantitative estimate of drug-likeness (QED) is 0.388. The van der Waals surface area contributed by atoms with Crippen molar-refractivity contribution in [2.75, 3.05) is 7.11 Å². The fourth-order valence-electron chi connectivity index (χ4n) is 0.443. The van der Waals surface area contributed by atoms with Crippen molar-refractivity contribution in [1.29, 1.82) is 0 Å². The number of esters is 1.